The number of aromatic hydroxyl groups is 1. The second kappa shape index (κ2) is 13.4. The highest BCUT2D eigenvalue weighted by atomic mass is 32.2. The summed E-state index contributed by atoms with van der Waals surface area (Å²) in [6.45, 7) is 7.77. The number of hydrogen-bond donors (Lipinski definition) is 4. The maximum absolute atomic E-state index is 15.1. The Balaban J connectivity index is 1.24. The van der Waals surface area contributed by atoms with Gasteiger partial charge in [0.25, 0.3) is 0 Å². The van der Waals surface area contributed by atoms with Gasteiger partial charge in [-0.05, 0) is 75.5 Å². The lowest BCUT2D eigenvalue weighted by atomic mass is 9.71. The van der Waals surface area contributed by atoms with E-state index in [9.17, 15) is 9.90 Å². The van der Waals surface area contributed by atoms with Crippen molar-refractivity contribution < 1.29 is 43.1 Å². The minimum atomic E-state index is -1.33. The number of phenols is 1. The topological polar surface area (TPSA) is 170 Å². The van der Waals surface area contributed by atoms with Crippen molar-refractivity contribution in [1.29, 1.82) is 0 Å². The van der Waals surface area contributed by atoms with Crippen LogP contribution in [-0.4, -0.2) is 103 Å². The Hall–Kier alpha value is -4.67. The summed E-state index contributed by atoms with van der Waals surface area (Å²) in [5, 5.41) is 16.4. The van der Waals surface area contributed by atoms with Crippen molar-refractivity contribution >= 4 is 34.6 Å². The molecule has 3 aromatic carbocycles. The van der Waals surface area contributed by atoms with E-state index in [1.165, 1.54) is 6.92 Å². The van der Waals surface area contributed by atoms with Gasteiger partial charge in [0.2, 0.25) is 6.79 Å². The normalized spacial score (nSPS) is 29.7. The Morgan fingerprint density at radius 2 is 1.86 bits per heavy atom. The largest absolute Gasteiger partial charge is 0.504 e. The number of nitrogens with zero attached hydrogens (tertiary/aromatic N) is 2. The Bertz CT molecular complexity index is 2420. The highest BCUT2D eigenvalue weighted by molar-refractivity contribution is 7.99. The molecule has 5 N–H and O–H groups in total. The number of aromatic nitrogens is 1. The fraction of sp³-hybridized carbons (Fsp3) is 0.488. The van der Waals surface area contributed by atoms with Crippen molar-refractivity contribution in [3.63, 3.8) is 0 Å². The van der Waals surface area contributed by atoms with E-state index in [4.69, 9.17) is 34.2 Å². The van der Waals surface area contributed by atoms with Crippen LogP contribution in [0.2, 0.25) is 0 Å². The number of aryl methyl sites for hydroxylation is 1. The number of likely N-dealkylation sites (N-methyl/N-ethyl adjacent to an activating group) is 1. The van der Waals surface area contributed by atoms with Crippen LogP contribution in [-0.2, 0) is 32.7 Å². The van der Waals surface area contributed by atoms with E-state index in [1.807, 2.05) is 32.0 Å². The van der Waals surface area contributed by atoms with Crippen LogP contribution in [0.4, 0.5) is 0 Å². The molecular formula is C43H49N5O9S. The summed E-state index contributed by atoms with van der Waals surface area (Å²) < 4.78 is 36.8. The number of aromatic amines is 1. The summed E-state index contributed by atoms with van der Waals surface area (Å²) in [7, 11) is 5.36. The van der Waals surface area contributed by atoms with Crippen molar-refractivity contribution in [3.05, 3.63) is 68.9 Å². The molecule has 1 spiro atoms. The van der Waals surface area contributed by atoms with Crippen LogP contribution in [0.15, 0.2) is 24.3 Å². The number of fused-ring (bicyclic) bond motifs is 11. The summed E-state index contributed by atoms with van der Waals surface area (Å²) in [6, 6.07) is 6.62. The first-order chi connectivity index (χ1) is 27.9. The highest BCUT2D eigenvalue weighted by Gasteiger charge is 2.61. The molecule has 14 nitrogen and oxygen atoms in total. The molecule has 1 aromatic heterocycles. The predicted octanol–water partition coefficient (Wildman–Crippen LogP) is 4.59. The van der Waals surface area contributed by atoms with Gasteiger partial charge in [0, 0.05) is 76.5 Å². The van der Waals surface area contributed by atoms with Gasteiger partial charge in [-0.25, -0.2) is 4.79 Å². The van der Waals surface area contributed by atoms with Gasteiger partial charge in [-0.1, -0.05) is 6.07 Å². The fourth-order valence-corrected chi connectivity index (χ4v) is 12.9. The molecule has 0 aliphatic carbocycles. The van der Waals surface area contributed by atoms with Crippen molar-refractivity contribution in [2.75, 3.05) is 47.0 Å². The quantitative estimate of drug-likeness (QED) is 0.167. The van der Waals surface area contributed by atoms with Gasteiger partial charge in [0.15, 0.2) is 28.5 Å². The number of ether oxygens (including phenoxy) is 6. The van der Waals surface area contributed by atoms with Crippen molar-refractivity contribution in [2.24, 2.45) is 5.73 Å². The number of hydrogen-bond acceptors (Lipinski definition) is 14. The monoisotopic (exact) mass is 811 g/mol. The van der Waals surface area contributed by atoms with E-state index in [2.05, 4.69) is 40.1 Å². The SMILES string of the molecule is COc1ccc2[nH]c3c(c2c1)C[C@@H](CN)N[C@]31CS[C@@H]2c3c(OC(C)=O)c(C)c4c(c3[C@H](COC1=O)N1[C@@H]2[C@@H]2c3c(cc(C)c(OC)c3O)C[C@@H]([C@@H]1C)N2C)OCO4. The lowest BCUT2D eigenvalue weighted by molar-refractivity contribution is -0.158. The van der Waals surface area contributed by atoms with Crippen molar-refractivity contribution in [1.82, 2.24) is 20.1 Å². The van der Waals surface area contributed by atoms with Gasteiger partial charge in [0.1, 0.15) is 18.1 Å². The number of methoxy groups -OCH3 is 2. The molecule has 0 unspecified atom stereocenters. The van der Waals surface area contributed by atoms with Gasteiger partial charge in [-0.2, -0.15) is 0 Å². The van der Waals surface area contributed by atoms with Crippen LogP contribution in [0.25, 0.3) is 10.9 Å². The zero-order valence-electron chi connectivity index (χ0n) is 33.7. The molecular weight excluding hydrogens is 763 g/mol. The van der Waals surface area contributed by atoms with Crippen molar-refractivity contribution in [3.8, 4) is 34.5 Å². The summed E-state index contributed by atoms with van der Waals surface area (Å²) >= 11 is 1.61. The number of esters is 2. The minimum absolute atomic E-state index is 0.00523. The number of piperazine rings is 1. The summed E-state index contributed by atoms with van der Waals surface area (Å²) in [6.07, 6.45) is 1.31. The minimum Gasteiger partial charge on any atom is -0.504 e. The second-order valence-corrected chi connectivity index (χ2v) is 17.7. The van der Waals surface area contributed by atoms with E-state index in [0.717, 1.165) is 50.0 Å². The van der Waals surface area contributed by atoms with Crippen molar-refractivity contribution in [2.45, 2.75) is 87.6 Å². The predicted molar refractivity (Wildman–Crippen MR) is 216 cm³/mol. The van der Waals surface area contributed by atoms with E-state index >= 15 is 4.79 Å². The zero-order chi connectivity index (χ0) is 40.5. The molecule has 7 aliphatic rings. The number of rotatable bonds is 4. The van der Waals surface area contributed by atoms with Gasteiger partial charge in [-0.3, -0.25) is 19.9 Å². The molecule has 2 fully saturated rings. The molecule has 306 valence electrons. The van der Waals surface area contributed by atoms with E-state index in [1.54, 1.807) is 26.0 Å². The van der Waals surface area contributed by atoms with Crippen LogP contribution in [0.1, 0.15) is 75.8 Å². The Morgan fingerprint density at radius 1 is 1.07 bits per heavy atom. The molecule has 2 saturated heterocycles. The summed E-state index contributed by atoms with van der Waals surface area (Å²) in [4.78, 5) is 36.7. The van der Waals surface area contributed by atoms with E-state index in [-0.39, 0.29) is 55.1 Å². The van der Waals surface area contributed by atoms with E-state index < -0.39 is 28.8 Å². The number of thioether (sulfide) groups is 1. The van der Waals surface area contributed by atoms with Gasteiger partial charge in [0.05, 0.1) is 37.2 Å². The highest BCUT2D eigenvalue weighted by Crippen LogP contribution is 2.64. The average Bonchev–Trinajstić information content (AvgIpc) is 3.85. The molecule has 4 aromatic rings. The van der Waals surface area contributed by atoms with Crippen LogP contribution < -0.4 is 34.7 Å². The number of nitrogens with one attached hydrogen (secondary N) is 2. The summed E-state index contributed by atoms with van der Waals surface area (Å²) in [5.41, 5.74) is 12.8. The number of nitrogens with two attached hydrogens (primary N) is 1. The standard InChI is InChI=1S/C43H49N5O9S/c1-18-10-22-11-28-20(3)48-29-15-54-42(51)43(41-26(12-23(14-44)46-43)25-13-24(52-6)8-9-27(25)45-41)16-58-40(34(48)33(47(28)5)30(22)35(50)36(18)53-7)32-31(29)39-38(55-17-56-39)19(2)37(32)57-21(4)49/h8-10,13,20,23,28-29,33-34,40,45-46,50H,11-12,14-17,44H2,1-7H3/t20-,23-,28-,29-,33-,34+,40+,43+/m0/s1. The second-order valence-electron chi connectivity index (χ2n) is 16.6. The van der Waals surface area contributed by atoms with E-state index in [0.29, 0.717) is 53.7 Å². The van der Waals surface area contributed by atoms with Gasteiger partial charge in [-0.15, -0.1) is 11.8 Å². The third-order valence-corrected chi connectivity index (χ3v) is 15.2. The molecule has 8 atom stereocenters. The number of H-pyrrole nitrogens is 1. The first-order valence-corrected chi connectivity index (χ1v) is 21.0. The first-order valence-electron chi connectivity index (χ1n) is 19.9. The molecule has 0 amide bonds. The molecule has 0 saturated carbocycles. The molecule has 7 aliphatic heterocycles. The van der Waals surface area contributed by atoms with Crippen LogP contribution in [0.5, 0.6) is 34.5 Å². The molecule has 8 heterocycles. The lowest BCUT2D eigenvalue weighted by Crippen LogP contribution is -2.69. The Kier molecular flexibility index (Phi) is 8.70. The first kappa shape index (κ1) is 37.6. The maximum Gasteiger partial charge on any atom is 0.333 e. The lowest BCUT2D eigenvalue weighted by Gasteiger charge is -2.63. The average molecular weight is 812 g/mol. The molecule has 15 heteroatoms. The number of carbonyl (C=O) groups excluding carboxylic acids is 2. The molecule has 11 rings (SSSR count). The summed E-state index contributed by atoms with van der Waals surface area (Å²) in [5.74, 6) is 2.17. The third-order valence-electron chi connectivity index (χ3n) is 13.7. The van der Waals surface area contributed by atoms with Gasteiger partial charge >= 0.3 is 11.9 Å². The number of phenolic OH excluding ortho intramolecular Hbond substituents is 1. The molecule has 0 radical (unpaired) electrons. The number of benzene rings is 3. The molecule has 4 bridgehead atoms. The Morgan fingerprint density at radius 3 is 2.60 bits per heavy atom. The maximum atomic E-state index is 15.1. The van der Waals surface area contributed by atoms with Crippen LogP contribution in [0, 0.1) is 13.8 Å². The Labute approximate surface area is 340 Å². The third kappa shape index (κ3) is 5.06. The molecule has 58 heavy (non-hydrogen) atoms. The number of carbonyl (C=O) groups is 2. The van der Waals surface area contributed by atoms with Gasteiger partial charge < -0.3 is 44.2 Å². The fourth-order valence-electron chi connectivity index (χ4n) is 11.3. The zero-order valence-corrected chi connectivity index (χ0v) is 34.5. The van der Waals surface area contributed by atoms with Crippen LogP contribution >= 0.6 is 11.8 Å². The smallest absolute Gasteiger partial charge is 0.333 e. The van der Waals surface area contributed by atoms with Crippen LogP contribution in [0.3, 0.4) is 0 Å².